The SMILES string of the molecule is NC1=CCC/C=c2/ccccc2=N1. The molecule has 0 fully saturated rings. The summed E-state index contributed by atoms with van der Waals surface area (Å²) in [5.41, 5.74) is 5.70. The molecule has 0 unspecified atom stereocenters. The normalized spacial score (nSPS) is 18.2. The van der Waals surface area contributed by atoms with E-state index in [0.29, 0.717) is 5.82 Å². The average molecular weight is 172 g/mol. The Bertz CT molecular complexity index is 443. The van der Waals surface area contributed by atoms with E-state index in [9.17, 15) is 0 Å². The number of hydrogen-bond acceptors (Lipinski definition) is 2. The molecule has 0 amide bonds. The number of allylic oxidation sites excluding steroid dienone is 1. The summed E-state index contributed by atoms with van der Waals surface area (Å²) in [6, 6.07) is 8.05. The fraction of sp³-hybridized carbons (Fsp3) is 0.182. The van der Waals surface area contributed by atoms with Gasteiger partial charge in [-0.15, -0.1) is 0 Å². The van der Waals surface area contributed by atoms with Crippen LogP contribution in [-0.2, 0) is 0 Å². The van der Waals surface area contributed by atoms with Crippen molar-refractivity contribution in [1.82, 2.24) is 0 Å². The van der Waals surface area contributed by atoms with E-state index in [-0.39, 0.29) is 0 Å². The highest BCUT2D eigenvalue weighted by atomic mass is 14.9. The molecule has 2 heteroatoms. The van der Waals surface area contributed by atoms with Gasteiger partial charge in [-0.3, -0.25) is 0 Å². The van der Waals surface area contributed by atoms with Gasteiger partial charge in [0, 0.05) is 0 Å². The van der Waals surface area contributed by atoms with Gasteiger partial charge in [-0.05, 0) is 30.2 Å². The lowest BCUT2D eigenvalue weighted by Gasteiger charge is -1.97. The Morgan fingerprint density at radius 2 is 1.85 bits per heavy atom. The highest BCUT2D eigenvalue weighted by Gasteiger charge is 1.91. The maximum Gasteiger partial charge on any atom is 0.119 e. The van der Waals surface area contributed by atoms with Crippen LogP contribution in [0.4, 0.5) is 0 Å². The maximum atomic E-state index is 5.70. The summed E-state index contributed by atoms with van der Waals surface area (Å²) in [5, 5.41) is 2.15. The molecule has 1 aromatic carbocycles. The number of nitrogens with two attached hydrogens (primary N) is 1. The van der Waals surface area contributed by atoms with Crippen molar-refractivity contribution < 1.29 is 0 Å². The Hall–Kier alpha value is -1.57. The highest BCUT2D eigenvalue weighted by Crippen LogP contribution is 1.97. The van der Waals surface area contributed by atoms with Crippen molar-refractivity contribution >= 4 is 6.08 Å². The lowest BCUT2D eigenvalue weighted by Crippen LogP contribution is -2.25. The summed E-state index contributed by atoms with van der Waals surface area (Å²) >= 11 is 0. The third-order valence-corrected chi connectivity index (χ3v) is 2.07. The minimum Gasteiger partial charge on any atom is -0.384 e. The van der Waals surface area contributed by atoms with Crippen LogP contribution in [0, 0.1) is 0 Å². The highest BCUT2D eigenvalue weighted by molar-refractivity contribution is 5.25. The van der Waals surface area contributed by atoms with Gasteiger partial charge in [0.25, 0.3) is 0 Å². The fourth-order valence-corrected chi connectivity index (χ4v) is 1.42. The van der Waals surface area contributed by atoms with Crippen molar-refractivity contribution in [1.29, 1.82) is 0 Å². The maximum absolute atomic E-state index is 5.70. The van der Waals surface area contributed by atoms with Crippen LogP contribution in [0.1, 0.15) is 12.8 Å². The van der Waals surface area contributed by atoms with E-state index in [2.05, 4.69) is 17.1 Å². The predicted molar refractivity (Wildman–Crippen MR) is 53.2 cm³/mol. The number of nitrogens with zero attached hydrogens (tertiary/aromatic N) is 1. The quantitative estimate of drug-likeness (QED) is 0.614. The molecule has 2 rings (SSSR count). The van der Waals surface area contributed by atoms with Gasteiger partial charge in [0.1, 0.15) is 5.82 Å². The van der Waals surface area contributed by atoms with Crippen LogP contribution in [0.5, 0.6) is 0 Å². The standard InChI is InChI=1S/C11H12N2/c12-11-8-4-2-6-9-5-1-3-7-10(9)13-11/h1,3,5-8H,2,4,12H2/b9-6-,11-8?,13-10?. The smallest absolute Gasteiger partial charge is 0.119 e. The molecule has 0 atom stereocenters. The molecule has 2 nitrogen and oxygen atoms in total. The molecule has 1 aliphatic rings. The molecular formula is C11H12N2. The van der Waals surface area contributed by atoms with Crippen LogP contribution < -0.4 is 16.3 Å². The van der Waals surface area contributed by atoms with Crippen molar-refractivity contribution in [3.63, 3.8) is 0 Å². The second-order valence-electron chi connectivity index (χ2n) is 3.08. The number of benzene rings is 1. The number of fused-ring (bicyclic) bond motifs is 1. The predicted octanol–water partition coefficient (Wildman–Crippen LogP) is 0.681. The van der Waals surface area contributed by atoms with Gasteiger partial charge in [-0.2, -0.15) is 0 Å². The first-order valence-electron chi connectivity index (χ1n) is 4.46. The summed E-state index contributed by atoms with van der Waals surface area (Å²) in [6.07, 6.45) is 6.17. The third kappa shape index (κ3) is 1.78. The number of rotatable bonds is 0. The topological polar surface area (TPSA) is 38.4 Å². The van der Waals surface area contributed by atoms with E-state index < -0.39 is 0 Å². The first-order chi connectivity index (χ1) is 6.36. The number of hydrogen-bond donors (Lipinski definition) is 1. The van der Waals surface area contributed by atoms with Crippen LogP contribution in [0.15, 0.2) is 41.2 Å². The molecule has 1 aromatic rings. The van der Waals surface area contributed by atoms with Crippen LogP contribution >= 0.6 is 0 Å². The monoisotopic (exact) mass is 172 g/mol. The molecule has 0 saturated heterocycles. The molecule has 13 heavy (non-hydrogen) atoms. The van der Waals surface area contributed by atoms with Gasteiger partial charge < -0.3 is 5.73 Å². The Morgan fingerprint density at radius 1 is 1.08 bits per heavy atom. The van der Waals surface area contributed by atoms with Gasteiger partial charge in [-0.1, -0.05) is 24.3 Å². The minimum absolute atomic E-state index is 0.626. The molecule has 66 valence electrons. The molecule has 1 aliphatic heterocycles. The van der Waals surface area contributed by atoms with Gasteiger partial charge in [0.05, 0.1) is 5.36 Å². The zero-order chi connectivity index (χ0) is 9.10. The summed E-state index contributed by atoms with van der Waals surface area (Å²) < 4.78 is 0. The van der Waals surface area contributed by atoms with Gasteiger partial charge in [0.15, 0.2) is 0 Å². The van der Waals surface area contributed by atoms with E-state index in [4.69, 9.17) is 5.73 Å². The first-order valence-corrected chi connectivity index (χ1v) is 4.46. The van der Waals surface area contributed by atoms with Gasteiger partial charge in [-0.25, -0.2) is 4.99 Å². The Balaban J connectivity index is 2.71. The van der Waals surface area contributed by atoms with E-state index >= 15 is 0 Å². The second-order valence-corrected chi connectivity index (χ2v) is 3.08. The largest absolute Gasteiger partial charge is 0.384 e. The molecular weight excluding hydrogens is 160 g/mol. The van der Waals surface area contributed by atoms with Crippen molar-refractivity contribution in [2.45, 2.75) is 12.8 Å². The summed E-state index contributed by atoms with van der Waals surface area (Å²) in [4.78, 5) is 4.31. The summed E-state index contributed by atoms with van der Waals surface area (Å²) in [7, 11) is 0. The average Bonchev–Trinajstić information content (AvgIpc) is 2.11. The molecule has 0 spiro atoms. The van der Waals surface area contributed by atoms with Crippen molar-refractivity contribution in [3.05, 3.63) is 46.7 Å². The van der Waals surface area contributed by atoms with E-state index in [1.54, 1.807) is 0 Å². The zero-order valence-electron chi connectivity index (χ0n) is 7.40. The number of para-hydroxylation sites is 1. The van der Waals surface area contributed by atoms with Crippen molar-refractivity contribution in [3.8, 4) is 0 Å². The summed E-state index contributed by atoms with van der Waals surface area (Å²) in [6.45, 7) is 0. The first kappa shape index (κ1) is 8.05. The Morgan fingerprint density at radius 3 is 2.77 bits per heavy atom. The lowest BCUT2D eigenvalue weighted by atomic mass is 10.2. The molecule has 1 heterocycles. The zero-order valence-corrected chi connectivity index (χ0v) is 7.40. The van der Waals surface area contributed by atoms with Crippen LogP contribution in [0.3, 0.4) is 0 Å². The minimum atomic E-state index is 0.626. The van der Waals surface area contributed by atoms with Crippen molar-refractivity contribution in [2.75, 3.05) is 0 Å². The molecule has 0 saturated carbocycles. The summed E-state index contributed by atoms with van der Waals surface area (Å²) in [5.74, 6) is 0.626. The molecule has 0 radical (unpaired) electrons. The van der Waals surface area contributed by atoms with E-state index in [1.165, 1.54) is 5.22 Å². The van der Waals surface area contributed by atoms with Crippen LogP contribution in [0.2, 0.25) is 0 Å². The van der Waals surface area contributed by atoms with Crippen LogP contribution in [0.25, 0.3) is 6.08 Å². The molecule has 0 aliphatic carbocycles. The Labute approximate surface area is 77.1 Å². The second kappa shape index (κ2) is 3.44. The van der Waals surface area contributed by atoms with Crippen LogP contribution in [-0.4, -0.2) is 0 Å². The lowest BCUT2D eigenvalue weighted by molar-refractivity contribution is 1.02. The fourth-order valence-electron chi connectivity index (χ4n) is 1.42. The molecule has 0 bridgehead atoms. The van der Waals surface area contributed by atoms with E-state index in [0.717, 1.165) is 18.2 Å². The van der Waals surface area contributed by atoms with Crippen molar-refractivity contribution in [2.24, 2.45) is 10.7 Å². The third-order valence-electron chi connectivity index (χ3n) is 2.07. The molecule has 2 N–H and O–H groups in total. The Kier molecular flexibility index (Phi) is 2.13. The van der Waals surface area contributed by atoms with Gasteiger partial charge in [0.2, 0.25) is 0 Å². The van der Waals surface area contributed by atoms with Gasteiger partial charge >= 0.3 is 0 Å². The molecule has 0 aromatic heterocycles. The van der Waals surface area contributed by atoms with E-state index in [1.807, 2.05) is 24.3 Å².